The number of carbonyl (C=O) groups excluding carboxylic acids is 1. The van der Waals surface area contributed by atoms with Crippen LogP contribution in [0.15, 0.2) is 18.2 Å². The standard InChI is InChI=1S/C15H23N3O/c1-17-15(19)11-8-9-13(16)14(10-11)18(2)12-6-4-3-5-7-12/h8-10,12H,3-7,16H2,1-2H3,(H,17,19). The molecule has 3 N–H and O–H groups in total. The van der Waals surface area contributed by atoms with Crippen LogP contribution in [-0.2, 0) is 0 Å². The molecule has 0 radical (unpaired) electrons. The molecule has 0 aliphatic heterocycles. The Morgan fingerprint density at radius 2 is 2.00 bits per heavy atom. The minimum absolute atomic E-state index is 0.0710. The minimum atomic E-state index is -0.0710. The number of nitrogens with two attached hydrogens (primary N) is 1. The first kappa shape index (κ1) is 13.7. The SMILES string of the molecule is CNC(=O)c1ccc(N)c(N(C)C2CCCCC2)c1. The van der Waals surface area contributed by atoms with Gasteiger partial charge in [-0.25, -0.2) is 0 Å². The number of benzene rings is 1. The highest BCUT2D eigenvalue weighted by atomic mass is 16.1. The third kappa shape index (κ3) is 3.00. The number of nitrogen functional groups attached to an aromatic ring is 1. The summed E-state index contributed by atoms with van der Waals surface area (Å²) in [5, 5.41) is 2.65. The van der Waals surface area contributed by atoms with E-state index < -0.39 is 0 Å². The predicted molar refractivity (Wildman–Crippen MR) is 79.5 cm³/mol. The first-order valence-corrected chi connectivity index (χ1v) is 6.98. The lowest BCUT2D eigenvalue weighted by Gasteiger charge is -2.33. The molecule has 0 unspecified atom stereocenters. The first-order valence-electron chi connectivity index (χ1n) is 6.98. The van der Waals surface area contributed by atoms with Crippen molar-refractivity contribution in [2.45, 2.75) is 38.1 Å². The molecular formula is C15H23N3O. The van der Waals surface area contributed by atoms with Crippen LogP contribution in [0.4, 0.5) is 11.4 Å². The van der Waals surface area contributed by atoms with Gasteiger partial charge in [-0.05, 0) is 31.0 Å². The molecule has 0 atom stereocenters. The van der Waals surface area contributed by atoms with Gasteiger partial charge in [-0.3, -0.25) is 4.79 Å². The number of nitrogens with one attached hydrogen (secondary N) is 1. The van der Waals surface area contributed by atoms with Gasteiger partial charge in [0.05, 0.1) is 11.4 Å². The number of anilines is 2. The van der Waals surface area contributed by atoms with Gasteiger partial charge < -0.3 is 16.0 Å². The van der Waals surface area contributed by atoms with Gasteiger partial charge in [0.25, 0.3) is 5.91 Å². The molecule has 1 aliphatic carbocycles. The van der Waals surface area contributed by atoms with E-state index in [0.29, 0.717) is 11.6 Å². The zero-order valence-corrected chi connectivity index (χ0v) is 11.8. The van der Waals surface area contributed by atoms with Gasteiger partial charge in [-0.2, -0.15) is 0 Å². The molecule has 1 aromatic rings. The van der Waals surface area contributed by atoms with Crippen LogP contribution in [0.3, 0.4) is 0 Å². The lowest BCUT2D eigenvalue weighted by atomic mass is 9.94. The summed E-state index contributed by atoms with van der Waals surface area (Å²) in [6.45, 7) is 0. The molecule has 4 heteroatoms. The van der Waals surface area contributed by atoms with E-state index >= 15 is 0 Å². The van der Waals surface area contributed by atoms with Gasteiger partial charge in [0.2, 0.25) is 0 Å². The zero-order chi connectivity index (χ0) is 13.8. The number of amides is 1. The number of hydrogen-bond donors (Lipinski definition) is 2. The Kier molecular flexibility index (Phi) is 4.30. The summed E-state index contributed by atoms with van der Waals surface area (Å²) >= 11 is 0. The van der Waals surface area contributed by atoms with Gasteiger partial charge in [-0.15, -0.1) is 0 Å². The van der Waals surface area contributed by atoms with Crippen LogP contribution in [0, 0.1) is 0 Å². The summed E-state index contributed by atoms with van der Waals surface area (Å²) in [4.78, 5) is 13.9. The Balaban J connectivity index is 2.24. The lowest BCUT2D eigenvalue weighted by Crippen LogP contribution is -2.34. The third-order valence-corrected chi connectivity index (χ3v) is 4.02. The van der Waals surface area contributed by atoms with Crippen molar-refractivity contribution in [1.82, 2.24) is 5.32 Å². The number of rotatable bonds is 3. The average molecular weight is 261 g/mol. The molecule has 0 aromatic heterocycles. The predicted octanol–water partition coefficient (Wildman–Crippen LogP) is 2.40. The fraction of sp³-hybridized carbons (Fsp3) is 0.533. The van der Waals surface area contributed by atoms with E-state index in [0.717, 1.165) is 11.4 Å². The Bertz CT molecular complexity index is 453. The zero-order valence-electron chi connectivity index (χ0n) is 11.8. The smallest absolute Gasteiger partial charge is 0.251 e. The van der Waals surface area contributed by atoms with E-state index in [9.17, 15) is 4.79 Å². The molecule has 1 aliphatic rings. The molecule has 1 aromatic carbocycles. The van der Waals surface area contributed by atoms with E-state index in [1.54, 1.807) is 13.1 Å². The quantitative estimate of drug-likeness (QED) is 0.821. The molecule has 1 saturated carbocycles. The maximum absolute atomic E-state index is 11.7. The number of hydrogen-bond acceptors (Lipinski definition) is 3. The second-order valence-corrected chi connectivity index (χ2v) is 5.26. The highest BCUT2D eigenvalue weighted by Gasteiger charge is 2.20. The van der Waals surface area contributed by atoms with Crippen LogP contribution < -0.4 is 16.0 Å². The second kappa shape index (κ2) is 5.95. The van der Waals surface area contributed by atoms with Gasteiger partial charge >= 0.3 is 0 Å². The van der Waals surface area contributed by atoms with E-state index in [2.05, 4.69) is 17.3 Å². The molecule has 2 rings (SSSR count). The molecule has 0 saturated heterocycles. The lowest BCUT2D eigenvalue weighted by molar-refractivity contribution is 0.0963. The Morgan fingerprint density at radius 1 is 1.32 bits per heavy atom. The molecule has 4 nitrogen and oxygen atoms in total. The van der Waals surface area contributed by atoms with Gasteiger partial charge in [0.15, 0.2) is 0 Å². The average Bonchev–Trinajstić information content (AvgIpc) is 2.47. The van der Waals surface area contributed by atoms with Crippen molar-refractivity contribution < 1.29 is 4.79 Å². The van der Waals surface area contributed by atoms with Crippen molar-refractivity contribution in [2.75, 3.05) is 24.7 Å². The normalized spacial score (nSPS) is 16.1. The highest BCUT2D eigenvalue weighted by molar-refractivity contribution is 5.96. The fourth-order valence-electron chi connectivity index (χ4n) is 2.80. The minimum Gasteiger partial charge on any atom is -0.397 e. The van der Waals surface area contributed by atoms with Crippen molar-refractivity contribution in [3.8, 4) is 0 Å². The van der Waals surface area contributed by atoms with E-state index in [1.807, 2.05) is 12.1 Å². The molecule has 0 bridgehead atoms. The van der Waals surface area contributed by atoms with Crippen molar-refractivity contribution in [1.29, 1.82) is 0 Å². The van der Waals surface area contributed by atoms with Crippen LogP contribution in [0.5, 0.6) is 0 Å². The molecular weight excluding hydrogens is 238 g/mol. The number of carbonyl (C=O) groups is 1. The Morgan fingerprint density at radius 3 is 2.63 bits per heavy atom. The third-order valence-electron chi connectivity index (χ3n) is 4.02. The maximum Gasteiger partial charge on any atom is 0.251 e. The molecule has 0 heterocycles. The van der Waals surface area contributed by atoms with Crippen LogP contribution in [0.2, 0.25) is 0 Å². The topological polar surface area (TPSA) is 58.4 Å². The highest BCUT2D eigenvalue weighted by Crippen LogP contribution is 2.30. The van der Waals surface area contributed by atoms with Crippen molar-refractivity contribution in [2.24, 2.45) is 0 Å². The van der Waals surface area contributed by atoms with Crippen molar-refractivity contribution in [3.05, 3.63) is 23.8 Å². The van der Waals surface area contributed by atoms with E-state index in [-0.39, 0.29) is 5.91 Å². The summed E-state index contributed by atoms with van der Waals surface area (Å²) in [5.41, 5.74) is 8.43. The molecule has 1 amide bonds. The largest absolute Gasteiger partial charge is 0.397 e. The van der Waals surface area contributed by atoms with Crippen molar-refractivity contribution >= 4 is 17.3 Å². The van der Waals surface area contributed by atoms with Crippen LogP contribution in [-0.4, -0.2) is 26.0 Å². The molecule has 19 heavy (non-hydrogen) atoms. The molecule has 104 valence electrons. The second-order valence-electron chi connectivity index (χ2n) is 5.26. The molecule has 1 fully saturated rings. The van der Waals surface area contributed by atoms with Gasteiger partial charge in [-0.1, -0.05) is 19.3 Å². The van der Waals surface area contributed by atoms with E-state index in [4.69, 9.17) is 5.73 Å². The summed E-state index contributed by atoms with van der Waals surface area (Å²) in [6.07, 6.45) is 6.31. The summed E-state index contributed by atoms with van der Waals surface area (Å²) in [5.74, 6) is -0.0710. The summed E-state index contributed by atoms with van der Waals surface area (Å²) in [7, 11) is 3.72. The Labute approximate surface area is 115 Å². The van der Waals surface area contributed by atoms with Crippen LogP contribution >= 0.6 is 0 Å². The monoisotopic (exact) mass is 261 g/mol. The van der Waals surface area contributed by atoms with Crippen molar-refractivity contribution in [3.63, 3.8) is 0 Å². The fourth-order valence-corrected chi connectivity index (χ4v) is 2.80. The summed E-state index contributed by atoms with van der Waals surface area (Å²) < 4.78 is 0. The molecule has 0 spiro atoms. The number of nitrogens with zero attached hydrogens (tertiary/aromatic N) is 1. The van der Waals surface area contributed by atoms with Gasteiger partial charge in [0, 0.05) is 25.7 Å². The summed E-state index contributed by atoms with van der Waals surface area (Å²) in [6, 6.07) is 6.02. The maximum atomic E-state index is 11.7. The first-order chi connectivity index (χ1) is 9.13. The Hall–Kier alpha value is -1.71. The van der Waals surface area contributed by atoms with Gasteiger partial charge in [0.1, 0.15) is 0 Å². The van der Waals surface area contributed by atoms with Crippen LogP contribution in [0.25, 0.3) is 0 Å². The van der Waals surface area contributed by atoms with Crippen LogP contribution in [0.1, 0.15) is 42.5 Å². The van der Waals surface area contributed by atoms with E-state index in [1.165, 1.54) is 32.1 Å².